The fraction of sp³-hybridized carbons (Fsp3) is 0.300. The van der Waals surface area contributed by atoms with Crippen molar-refractivity contribution < 1.29 is 28.5 Å². The first-order chi connectivity index (χ1) is 14.3. The highest BCUT2D eigenvalue weighted by atomic mass is 35.5. The standard InChI is InChI=1S/C20H22ClN3O6/c1-11(25)19(24-23-15-8-12(27-2)6-7-16(15)28-3)20(26)22-14-10-17(29-4)13(21)9-18(14)30-5/h6-10,19H,1-5H3,(H,22,26). The van der Waals surface area contributed by atoms with Gasteiger partial charge in [-0.05, 0) is 19.1 Å². The lowest BCUT2D eigenvalue weighted by Gasteiger charge is -2.15. The number of benzene rings is 2. The number of carbonyl (C=O) groups is 2. The molecule has 2 aromatic rings. The van der Waals surface area contributed by atoms with Gasteiger partial charge in [-0.2, -0.15) is 10.2 Å². The van der Waals surface area contributed by atoms with Gasteiger partial charge in [-0.15, -0.1) is 0 Å². The van der Waals surface area contributed by atoms with Gasteiger partial charge in [0.05, 0.1) is 39.1 Å². The predicted molar refractivity (Wildman–Crippen MR) is 112 cm³/mol. The highest BCUT2D eigenvalue weighted by Gasteiger charge is 2.25. The molecule has 0 radical (unpaired) electrons. The number of hydrogen-bond acceptors (Lipinski definition) is 8. The molecule has 1 N–H and O–H groups in total. The zero-order valence-corrected chi connectivity index (χ0v) is 17.9. The fourth-order valence-electron chi connectivity index (χ4n) is 2.47. The minimum atomic E-state index is -1.40. The van der Waals surface area contributed by atoms with E-state index in [-0.39, 0.29) is 5.69 Å². The molecule has 0 bridgehead atoms. The van der Waals surface area contributed by atoms with Crippen LogP contribution < -0.4 is 24.3 Å². The summed E-state index contributed by atoms with van der Waals surface area (Å²) in [6.07, 6.45) is 0. The number of halogens is 1. The zero-order valence-electron chi connectivity index (χ0n) is 17.2. The second-order valence-corrected chi connectivity index (χ2v) is 6.35. The summed E-state index contributed by atoms with van der Waals surface area (Å²) in [7, 11) is 5.83. The van der Waals surface area contributed by atoms with Crippen LogP contribution in [-0.4, -0.2) is 46.2 Å². The summed E-state index contributed by atoms with van der Waals surface area (Å²) in [5.41, 5.74) is 0.575. The van der Waals surface area contributed by atoms with Crippen LogP contribution in [0.15, 0.2) is 40.6 Å². The topological polar surface area (TPSA) is 108 Å². The molecule has 0 fully saturated rings. The number of rotatable bonds is 9. The monoisotopic (exact) mass is 435 g/mol. The molecule has 1 unspecified atom stereocenters. The van der Waals surface area contributed by atoms with Gasteiger partial charge in [-0.25, -0.2) is 0 Å². The highest BCUT2D eigenvalue weighted by Crippen LogP contribution is 2.36. The number of ketones is 1. The van der Waals surface area contributed by atoms with Crippen LogP contribution in [0.25, 0.3) is 0 Å². The third-order valence-electron chi connectivity index (χ3n) is 4.03. The Bertz CT molecular complexity index is 964. The van der Waals surface area contributed by atoms with Crippen LogP contribution in [0.1, 0.15) is 6.92 Å². The molecule has 9 nitrogen and oxygen atoms in total. The third kappa shape index (κ3) is 5.38. The zero-order chi connectivity index (χ0) is 22.3. The first-order valence-corrected chi connectivity index (χ1v) is 9.08. The summed E-state index contributed by atoms with van der Waals surface area (Å²) >= 11 is 6.07. The molecule has 30 heavy (non-hydrogen) atoms. The minimum Gasteiger partial charge on any atom is -0.497 e. The summed E-state index contributed by atoms with van der Waals surface area (Å²) in [5.74, 6) is 0.351. The lowest BCUT2D eigenvalue weighted by atomic mass is 10.2. The first kappa shape index (κ1) is 23.0. The largest absolute Gasteiger partial charge is 0.497 e. The summed E-state index contributed by atoms with van der Waals surface area (Å²) in [6, 6.07) is 6.48. The lowest BCUT2D eigenvalue weighted by Crippen LogP contribution is -2.32. The van der Waals surface area contributed by atoms with Crippen LogP contribution in [0, 0.1) is 0 Å². The van der Waals surface area contributed by atoms with Crippen LogP contribution in [0.3, 0.4) is 0 Å². The van der Waals surface area contributed by atoms with Gasteiger partial charge < -0.3 is 24.3 Å². The van der Waals surface area contributed by atoms with Crippen molar-refractivity contribution in [2.45, 2.75) is 13.0 Å². The number of azo groups is 1. The Morgan fingerprint density at radius 2 is 1.60 bits per heavy atom. The second-order valence-electron chi connectivity index (χ2n) is 5.94. The smallest absolute Gasteiger partial charge is 0.258 e. The Morgan fingerprint density at radius 1 is 0.933 bits per heavy atom. The summed E-state index contributed by atoms with van der Waals surface area (Å²) in [6.45, 7) is 1.24. The van der Waals surface area contributed by atoms with Gasteiger partial charge in [0.25, 0.3) is 5.91 Å². The van der Waals surface area contributed by atoms with Crippen LogP contribution in [0.2, 0.25) is 5.02 Å². The van der Waals surface area contributed by atoms with Gasteiger partial charge >= 0.3 is 0 Å². The molecule has 0 aliphatic rings. The summed E-state index contributed by atoms with van der Waals surface area (Å²) in [5, 5.41) is 10.8. The van der Waals surface area contributed by atoms with Gasteiger partial charge in [0.2, 0.25) is 6.04 Å². The van der Waals surface area contributed by atoms with Crippen molar-refractivity contribution in [2.24, 2.45) is 10.2 Å². The Labute approximate surface area is 178 Å². The molecule has 160 valence electrons. The number of amides is 1. The molecular weight excluding hydrogens is 414 g/mol. The van der Waals surface area contributed by atoms with Crippen LogP contribution in [0.5, 0.6) is 23.0 Å². The number of methoxy groups -OCH3 is 4. The van der Waals surface area contributed by atoms with Gasteiger partial charge in [-0.1, -0.05) is 11.6 Å². The SMILES string of the molecule is COc1ccc(OC)c(N=NC(C(C)=O)C(=O)Nc2cc(OC)c(Cl)cc2OC)c1. The quantitative estimate of drug-likeness (QED) is 0.470. The molecule has 10 heteroatoms. The van der Waals surface area contributed by atoms with Crippen molar-refractivity contribution in [1.29, 1.82) is 0 Å². The van der Waals surface area contributed by atoms with E-state index in [1.54, 1.807) is 18.2 Å². The molecule has 0 aliphatic heterocycles. The summed E-state index contributed by atoms with van der Waals surface area (Å²) in [4.78, 5) is 24.8. The van der Waals surface area contributed by atoms with Crippen molar-refractivity contribution in [3.05, 3.63) is 35.4 Å². The van der Waals surface area contributed by atoms with Gasteiger partial charge in [-0.3, -0.25) is 9.59 Å². The molecule has 0 aliphatic carbocycles. The lowest BCUT2D eigenvalue weighted by molar-refractivity contribution is -0.126. The maximum Gasteiger partial charge on any atom is 0.258 e. The molecule has 1 amide bonds. The van der Waals surface area contributed by atoms with E-state index >= 15 is 0 Å². The van der Waals surface area contributed by atoms with Crippen molar-refractivity contribution in [2.75, 3.05) is 33.8 Å². The Hall–Kier alpha value is -3.33. The van der Waals surface area contributed by atoms with Crippen LogP contribution >= 0.6 is 11.6 Å². The minimum absolute atomic E-state index is 0.268. The fourth-order valence-corrected chi connectivity index (χ4v) is 2.70. The van der Waals surface area contributed by atoms with Crippen LogP contribution in [-0.2, 0) is 9.59 Å². The number of nitrogens with one attached hydrogen (secondary N) is 1. The van der Waals surface area contributed by atoms with E-state index in [0.29, 0.717) is 33.7 Å². The average Bonchev–Trinajstić information content (AvgIpc) is 2.74. The molecule has 0 heterocycles. The second kappa shape index (κ2) is 10.4. The number of anilines is 1. The Kier molecular flexibility index (Phi) is 7.99. The Balaban J connectivity index is 2.33. The van der Waals surface area contributed by atoms with E-state index in [1.165, 1.54) is 47.5 Å². The number of Topliss-reactive ketones (excluding diaryl/α,β-unsaturated/α-hetero) is 1. The van der Waals surface area contributed by atoms with Crippen molar-refractivity contribution in [3.63, 3.8) is 0 Å². The van der Waals surface area contributed by atoms with E-state index < -0.39 is 17.7 Å². The molecule has 2 rings (SSSR count). The van der Waals surface area contributed by atoms with Gasteiger partial charge in [0, 0.05) is 18.2 Å². The molecular formula is C20H22ClN3O6. The van der Waals surface area contributed by atoms with Crippen molar-refractivity contribution >= 4 is 34.7 Å². The normalized spacial score (nSPS) is 11.7. The number of ether oxygens (including phenoxy) is 4. The highest BCUT2D eigenvalue weighted by molar-refractivity contribution is 6.32. The maximum absolute atomic E-state index is 12.7. The van der Waals surface area contributed by atoms with E-state index in [2.05, 4.69) is 15.5 Å². The molecule has 0 saturated heterocycles. The van der Waals surface area contributed by atoms with E-state index in [0.717, 1.165) is 0 Å². The molecule has 2 aromatic carbocycles. The number of hydrogen-bond donors (Lipinski definition) is 1. The van der Waals surface area contributed by atoms with Crippen molar-refractivity contribution in [1.82, 2.24) is 0 Å². The van der Waals surface area contributed by atoms with Crippen molar-refractivity contribution in [3.8, 4) is 23.0 Å². The molecule has 0 aromatic heterocycles. The van der Waals surface area contributed by atoms with Gasteiger partial charge in [0.15, 0.2) is 5.78 Å². The van der Waals surface area contributed by atoms with E-state index in [4.69, 9.17) is 30.5 Å². The van der Waals surface area contributed by atoms with E-state index in [9.17, 15) is 9.59 Å². The van der Waals surface area contributed by atoms with Crippen LogP contribution in [0.4, 0.5) is 11.4 Å². The molecule has 0 saturated carbocycles. The van der Waals surface area contributed by atoms with E-state index in [1.807, 2.05) is 0 Å². The third-order valence-corrected chi connectivity index (χ3v) is 4.33. The predicted octanol–water partition coefficient (Wildman–Crippen LogP) is 4.05. The maximum atomic E-state index is 12.7. The first-order valence-electron chi connectivity index (χ1n) is 8.70. The van der Waals surface area contributed by atoms with Gasteiger partial charge in [0.1, 0.15) is 28.7 Å². The molecule has 0 spiro atoms. The molecule has 1 atom stereocenters. The summed E-state index contributed by atoms with van der Waals surface area (Å²) < 4.78 is 20.8. The average molecular weight is 436 g/mol. The number of carbonyl (C=O) groups excluding carboxylic acids is 2. The Morgan fingerprint density at radius 3 is 2.17 bits per heavy atom. The number of nitrogens with zero attached hydrogens (tertiary/aromatic N) is 2.